The average molecular weight is 375 g/mol. The van der Waals surface area contributed by atoms with Gasteiger partial charge in [0.05, 0.1) is 22.7 Å². The molecule has 0 bridgehead atoms. The van der Waals surface area contributed by atoms with Crippen molar-refractivity contribution in [3.63, 3.8) is 0 Å². The lowest BCUT2D eigenvalue weighted by atomic mass is 10.0. The average Bonchev–Trinajstić information content (AvgIpc) is 2.57. The zero-order valence-corrected chi connectivity index (χ0v) is 15.0. The summed E-state index contributed by atoms with van der Waals surface area (Å²) in [6.07, 6.45) is 1.56. The van der Waals surface area contributed by atoms with Crippen molar-refractivity contribution in [1.29, 1.82) is 10.7 Å². The number of nitrogens with one attached hydrogen (secondary N) is 1. The predicted octanol–water partition coefficient (Wildman–Crippen LogP) is 3.08. The highest BCUT2D eigenvalue weighted by molar-refractivity contribution is 7.99. The van der Waals surface area contributed by atoms with Crippen molar-refractivity contribution >= 4 is 45.8 Å². The van der Waals surface area contributed by atoms with E-state index >= 15 is 0 Å². The van der Waals surface area contributed by atoms with Gasteiger partial charge < -0.3 is 5.41 Å². The summed E-state index contributed by atoms with van der Waals surface area (Å²) in [6.45, 7) is 5.29. The van der Waals surface area contributed by atoms with Crippen molar-refractivity contribution in [2.45, 2.75) is 18.6 Å². The molecule has 1 heterocycles. The summed E-state index contributed by atoms with van der Waals surface area (Å²) in [4.78, 5) is 29.2. The largest absolute Gasteiger partial charge is 0.308 e. The number of allylic oxidation sites excluding steroid dienone is 1. The topological polar surface area (TPSA) is 99.6 Å². The van der Waals surface area contributed by atoms with Crippen molar-refractivity contribution in [2.75, 3.05) is 5.75 Å². The Kier molecular flexibility index (Phi) is 6.12. The summed E-state index contributed by atoms with van der Waals surface area (Å²) < 4.78 is 1.41. The number of ketones is 1. The lowest BCUT2D eigenvalue weighted by Gasteiger charge is -2.12. The Bertz CT molecular complexity index is 961. The van der Waals surface area contributed by atoms with Gasteiger partial charge in [-0.1, -0.05) is 29.4 Å². The van der Waals surface area contributed by atoms with Crippen LogP contribution in [0.1, 0.15) is 6.92 Å². The first kappa shape index (κ1) is 18.9. The lowest BCUT2D eigenvalue weighted by molar-refractivity contribution is -0.117. The molecule has 0 aliphatic heterocycles. The van der Waals surface area contributed by atoms with Crippen molar-refractivity contribution < 1.29 is 4.79 Å². The molecule has 1 atom stereocenters. The van der Waals surface area contributed by atoms with Crippen LogP contribution in [0.2, 0.25) is 5.02 Å². The highest BCUT2D eigenvalue weighted by atomic mass is 35.5. The van der Waals surface area contributed by atoms with Crippen LogP contribution in [0.3, 0.4) is 0 Å². The van der Waals surface area contributed by atoms with Crippen LogP contribution in [0.5, 0.6) is 0 Å². The van der Waals surface area contributed by atoms with Gasteiger partial charge in [-0.15, -0.1) is 6.58 Å². The number of rotatable bonds is 7. The molecule has 0 fully saturated rings. The molecule has 128 valence electrons. The molecule has 2 aromatic rings. The lowest BCUT2D eigenvalue weighted by Crippen LogP contribution is -2.25. The van der Waals surface area contributed by atoms with E-state index in [1.165, 1.54) is 11.5 Å². The van der Waals surface area contributed by atoms with E-state index in [-0.39, 0.29) is 23.6 Å². The molecule has 1 aromatic carbocycles. The summed E-state index contributed by atoms with van der Waals surface area (Å²) in [5.41, 5.74) is 0.199. The summed E-state index contributed by atoms with van der Waals surface area (Å²) in [7, 11) is 0. The molecule has 8 heteroatoms. The molecule has 0 saturated heterocycles. The fourth-order valence-electron chi connectivity index (χ4n) is 2.20. The van der Waals surface area contributed by atoms with Crippen molar-refractivity contribution in [2.24, 2.45) is 5.92 Å². The van der Waals surface area contributed by atoms with E-state index in [4.69, 9.17) is 22.3 Å². The van der Waals surface area contributed by atoms with E-state index < -0.39 is 11.7 Å². The number of Topliss-reactive ketones (excluding diaryl/α,β-unsaturated/α-hetero) is 1. The number of thioether (sulfide) groups is 1. The molecular weight excluding hydrogens is 360 g/mol. The summed E-state index contributed by atoms with van der Waals surface area (Å²) in [5.74, 6) is -1.53. The van der Waals surface area contributed by atoms with Gasteiger partial charge in [-0.25, -0.2) is 4.98 Å². The number of nitriles is 1. The minimum Gasteiger partial charge on any atom is -0.308 e. The maximum atomic E-state index is 12.7. The number of benzene rings is 1. The maximum absolute atomic E-state index is 12.7. The Hall–Kier alpha value is -2.43. The molecule has 1 unspecified atom stereocenters. The van der Waals surface area contributed by atoms with Crippen LogP contribution in [0.4, 0.5) is 0 Å². The monoisotopic (exact) mass is 374 g/mol. The van der Waals surface area contributed by atoms with Crippen LogP contribution in [-0.4, -0.2) is 26.8 Å². The van der Waals surface area contributed by atoms with Gasteiger partial charge in [0, 0.05) is 17.3 Å². The third kappa shape index (κ3) is 4.16. The van der Waals surface area contributed by atoms with E-state index in [2.05, 4.69) is 11.6 Å². The predicted molar refractivity (Wildman–Crippen MR) is 99.4 cm³/mol. The van der Waals surface area contributed by atoms with Crippen molar-refractivity contribution in [3.05, 3.63) is 46.2 Å². The van der Waals surface area contributed by atoms with Gasteiger partial charge in [0.25, 0.3) is 5.56 Å². The standard InChI is InChI=1S/C17H15ClN4O2S/c1-3-6-22-16(24)12-7-11(18)4-5-14(12)21-17(22)25-9-15(23)13(8-19)10(2)20/h3-5,7,13,20H,1,6,9H2,2H3. The number of halogens is 1. The fraction of sp³-hybridized carbons (Fsp3) is 0.235. The zero-order chi connectivity index (χ0) is 18.6. The molecule has 1 aromatic heterocycles. The maximum Gasteiger partial charge on any atom is 0.262 e. The van der Waals surface area contributed by atoms with E-state index in [1.807, 2.05) is 6.07 Å². The third-order valence-electron chi connectivity index (χ3n) is 3.42. The number of fused-ring (bicyclic) bond motifs is 1. The Morgan fingerprint density at radius 1 is 1.60 bits per heavy atom. The second kappa shape index (κ2) is 8.10. The quantitative estimate of drug-likeness (QED) is 0.347. The van der Waals surface area contributed by atoms with Gasteiger partial charge in [-0.05, 0) is 25.1 Å². The van der Waals surface area contributed by atoms with Crippen LogP contribution in [0, 0.1) is 22.7 Å². The molecule has 0 aliphatic rings. The number of aromatic nitrogens is 2. The number of hydrogen-bond acceptors (Lipinski definition) is 6. The molecule has 0 radical (unpaired) electrons. The molecule has 1 N–H and O–H groups in total. The Morgan fingerprint density at radius 3 is 2.92 bits per heavy atom. The second-order valence-electron chi connectivity index (χ2n) is 5.26. The number of carbonyl (C=O) groups is 1. The molecule has 0 saturated carbocycles. The minimum absolute atomic E-state index is 0.00213. The third-order valence-corrected chi connectivity index (χ3v) is 4.65. The first-order valence-corrected chi connectivity index (χ1v) is 8.66. The Labute approximate surface area is 153 Å². The molecule has 0 aliphatic carbocycles. The van der Waals surface area contributed by atoms with E-state index in [0.717, 1.165) is 11.8 Å². The van der Waals surface area contributed by atoms with Gasteiger partial charge in [0.2, 0.25) is 0 Å². The highest BCUT2D eigenvalue weighted by Gasteiger charge is 2.21. The molecule has 0 amide bonds. The summed E-state index contributed by atoms with van der Waals surface area (Å²) in [5, 5.41) is 17.7. The van der Waals surface area contributed by atoms with E-state index in [9.17, 15) is 9.59 Å². The van der Waals surface area contributed by atoms with Crippen LogP contribution < -0.4 is 5.56 Å². The first-order valence-electron chi connectivity index (χ1n) is 7.30. The Balaban J connectivity index is 2.42. The van der Waals surface area contributed by atoms with Crippen LogP contribution >= 0.6 is 23.4 Å². The van der Waals surface area contributed by atoms with Crippen molar-refractivity contribution in [1.82, 2.24) is 9.55 Å². The first-order chi connectivity index (χ1) is 11.9. The van der Waals surface area contributed by atoms with Crippen LogP contribution in [-0.2, 0) is 11.3 Å². The zero-order valence-electron chi connectivity index (χ0n) is 13.5. The fourth-order valence-corrected chi connectivity index (χ4v) is 3.29. The smallest absolute Gasteiger partial charge is 0.262 e. The van der Waals surface area contributed by atoms with Gasteiger partial charge in [0.1, 0.15) is 5.92 Å². The Morgan fingerprint density at radius 2 is 2.32 bits per heavy atom. The van der Waals surface area contributed by atoms with Crippen molar-refractivity contribution in [3.8, 4) is 6.07 Å². The molecular formula is C17H15ClN4O2S. The SMILES string of the molecule is C=CCn1c(SCC(=O)C(C#N)C(C)=N)nc2ccc(Cl)cc2c1=O. The van der Waals surface area contributed by atoms with E-state index in [0.29, 0.717) is 21.1 Å². The molecule has 6 nitrogen and oxygen atoms in total. The van der Waals surface area contributed by atoms with Crippen LogP contribution in [0.25, 0.3) is 10.9 Å². The summed E-state index contributed by atoms with van der Waals surface area (Å²) in [6, 6.07) is 6.65. The number of hydrogen-bond donors (Lipinski definition) is 1. The molecule has 2 rings (SSSR count). The normalized spacial score (nSPS) is 11.7. The summed E-state index contributed by atoms with van der Waals surface area (Å²) >= 11 is 7.01. The van der Waals surface area contributed by atoms with E-state index in [1.54, 1.807) is 24.3 Å². The minimum atomic E-state index is -1.08. The van der Waals surface area contributed by atoms with Gasteiger partial charge >= 0.3 is 0 Å². The number of nitrogens with zero attached hydrogens (tertiary/aromatic N) is 3. The molecule has 25 heavy (non-hydrogen) atoms. The van der Waals surface area contributed by atoms with Gasteiger partial charge in [-0.3, -0.25) is 14.2 Å². The van der Waals surface area contributed by atoms with Gasteiger partial charge in [0.15, 0.2) is 10.9 Å². The molecule has 0 spiro atoms. The van der Waals surface area contributed by atoms with Crippen LogP contribution in [0.15, 0.2) is 40.8 Å². The van der Waals surface area contributed by atoms with Gasteiger partial charge in [-0.2, -0.15) is 5.26 Å². The highest BCUT2D eigenvalue weighted by Crippen LogP contribution is 2.21. The number of carbonyl (C=O) groups excluding carboxylic acids is 1. The second-order valence-corrected chi connectivity index (χ2v) is 6.64.